The van der Waals surface area contributed by atoms with Gasteiger partial charge in [-0.05, 0) is 36.8 Å². The number of carbonyl (C=O) groups excluding carboxylic acids is 2. The molecule has 27 heavy (non-hydrogen) atoms. The van der Waals surface area contributed by atoms with Crippen molar-refractivity contribution in [2.45, 2.75) is 44.2 Å². The normalized spacial score (nSPS) is 32.1. The van der Waals surface area contributed by atoms with Crippen LogP contribution in [0.4, 0.5) is 5.69 Å². The van der Waals surface area contributed by atoms with Gasteiger partial charge < -0.3 is 14.8 Å². The average molecular weight is 372 g/mol. The van der Waals surface area contributed by atoms with E-state index in [9.17, 15) is 9.59 Å². The van der Waals surface area contributed by atoms with Crippen molar-refractivity contribution in [2.24, 2.45) is 11.8 Å². The number of ether oxygens (including phenoxy) is 2. The van der Waals surface area contributed by atoms with Crippen LogP contribution in [0.3, 0.4) is 0 Å². The van der Waals surface area contributed by atoms with Crippen LogP contribution < -0.4 is 10.1 Å². The molecule has 146 valence electrons. The highest BCUT2D eigenvalue weighted by atomic mass is 16.5. The minimum atomic E-state index is -0.607. The van der Waals surface area contributed by atoms with Crippen LogP contribution in [-0.4, -0.2) is 55.5 Å². The monoisotopic (exact) mass is 372 g/mol. The van der Waals surface area contributed by atoms with Crippen molar-refractivity contribution in [1.82, 2.24) is 4.90 Å². The van der Waals surface area contributed by atoms with Crippen LogP contribution in [0.25, 0.3) is 0 Å². The molecule has 0 saturated carbocycles. The zero-order chi connectivity index (χ0) is 19.2. The summed E-state index contributed by atoms with van der Waals surface area (Å²) < 4.78 is 10.4. The van der Waals surface area contributed by atoms with E-state index in [-0.39, 0.29) is 23.7 Å². The Hall–Kier alpha value is -2.08. The number of nitrogens with one attached hydrogen (secondary N) is 1. The number of anilines is 1. The van der Waals surface area contributed by atoms with E-state index in [0.29, 0.717) is 23.7 Å². The van der Waals surface area contributed by atoms with Crippen LogP contribution in [0.15, 0.2) is 18.2 Å². The lowest BCUT2D eigenvalue weighted by Crippen LogP contribution is -2.57. The molecule has 1 unspecified atom stereocenters. The van der Waals surface area contributed by atoms with Crippen molar-refractivity contribution < 1.29 is 19.1 Å². The predicted molar refractivity (Wildman–Crippen MR) is 102 cm³/mol. The molecule has 3 aliphatic heterocycles. The van der Waals surface area contributed by atoms with Crippen LogP contribution >= 0.6 is 0 Å². The molecule has 4 atom stereocenters. The molecule has 6 heteroatoms. The number of rotatable bonds is 4. The number of benzene rings is 1. The Kier molecular flexibility index (Phi) is 4.62. The van der Waals surface area contributed by atoms with Crippen molar-refractivity contribution in [3.63, 3.8) is 0 Å². The third kappa shape index (κ3) is 2.73. The predicted octanol–water partition coefficient (Wildman–Crippen LogP) is 2.73. The number of ketones is 1. The summed E-state index contributed by atoms with van der Waals surface area (Å²) in [5.74, 6) is 1.32. The summed E-state index contributed by atoms with van der Waals surface area (Å²) in [6.07, 6.45) is 3.09. The quantitative estimate of drug-likeness (QED) is 0.820. The summed E-state index contributed by atoms with van der Waals surface area (Å²) >= 11 is 0. The van der Waals surface area contributed by atoms with Crippen molar-refractivity contribution in [2.75, 3.05) is 32.6 Å². The van der Waals surface area contributed by atoms with E-state index in [4.69, 9.17) is 9.47 Å². The number of piperidine rings is 1. The SMILES string of the molecule is CC[C@@H]1CN2CCC3(Nc4cccc(OC)c4C3=O)[C@@H]2C[C@@H]1CC(=O)OC. The van der Waals surface area contributed by atoms with E-state index in [2.05, 4.69) is 17.1 Å². The van der Waals surface area contributed by atoms with Crippen LogP contribution in [0.2, 0.25) is 0 Å². The van der Waals surface area contributed by atoms with Crippen molar-refractivity contribution in [3.8, 4) is 5.75 Å². The van der Waals surface area contributed by atoms with Crippen molar-refractivity contribution in [3.05, 3.63) is 23.8 Å². The highest BCUT2D eigenvalue weighted by molar-refractivity contribution is 6.16. The van der Waals surface area contributed by atoms with Gasteiger partial charge in [0.25, 0.3) is 0 Å². The summed E-state index contributed by atoms with van der Waals surface area (Å²) in [5.41, 5.74) is 0.927. The number of Topliss-reactive ketones (excluding diaryl/α,β-unsaturated/α-hetero) is 1. The second-order valence-corrected chi connectivity index (χ2v) is 8.01. The van der Waals surface area contributed by atoms with Gasteiger partial charge in [0.2, 0.25) is 0 Å². The highest BCUT2D eigenvalue weighted by Gasteiger charge is 2.59. The second kappa shape index (κ2) is 6.82. The Morgan fingerprint density at radius 1 is 1.33 bits per heavy atom. The zero-order valence-corrected chi connectivity index (χ0v) is 16.3. The zero-order valence-electron chi connectivity index (χ0n) is 16.3. The number of hydrogen-bond acceptors (Lipinski definition) is 6. The van der Waals surface area contributed by atoms with E-state index in [1.54, 1.807) is 7.11 Å². The largest absolute Gasteiger partial charge is 0.496 e. The Balaban J connectivity index is 1.65. The molecule has 2 saturated heterocycles. The lowest BCUT2D eigenvalue weighted by Gasteiger charge is -2.44. The summed E-state index contributed by atoms with van der Waals surface area (Å²) in [4.78, 5) is 27.9. The van der Waals surface area contributed by atoms with E-state index in [1.807, 2.05) is 18.2 Å². The maximum absolute atomic E-state index is 13.5. The molecule has 2 fully saturated rings. The van der Waals surface area contributed by atoms with Gasteiger partial charge in [0, 0.05) is 31.2 Å². The van der Waals surface area contributed by atoms with Gasteiger partial charge in [-0.15, -0.1) is 0 Å². The molecule has 1 N–H and O–H groups in total. The van der Waals surface area contributed by atoms with E-state index in [1.165, 1.54) is 7.11 Å². The third-order valence-electron chi connectivity index (χ3n) is 6.88. The first-order chi connectivity index (χ1) is 13.0. The minimum Gasteiger partial charge on any atom is -0.496 e. The molecule has 0 bridgehead atoms. The minimum absolute atomic E-state index is 0.0968. The average Bonchev–Trinajstić information content (AvgIpc) is 3.19. The Morgan fingerprint density at radius 3 is 2.85 bits per heavy atom. The number of esters is 1. The van der Waals surface area contributed by atoms with E-state index >= 15 is 0 Å². The van der Waals surface area contributed by atoms with Gasteiger partial charge in [0.05, 0.1) is 19.8 Å². The van der Waals surface area contributed by atoms with Crippen LogP contribution in [0, 0.1) is 11.8 Å². The van der Waals surface area contributed by atoms with Crippen LogP contribution in [-0.2, 0) is 9.53 Å². The standard InChI is InChI=1S/C21H28N2O4/c1-4-13-12-23-9-8-21(17(23)10-14(13)11-18(24)27-3)20(25)19-15(22-21)6-5-7-16(19)26-2/h5-7,13-14,17,22H,4,8-12H2,1-3H3/t13-,14-,17+,21?/m1/s1. The van der Waals surface area contributed by atoms with Crippen molar-refractivity contribution in [1.29, 1.82) is 0 Å². The Bertz CT molecular complexity index is 765. The molecule has 4 rings (SSSR count). The fourth-order valence-electron chi connectivity index (χ4n) is 5.43. The third-order valence-corrected chi connectivity index (χ3v) is 6.88. The van der Waals surface area contributed by atoms with Gasteiger partial charge in [0.15, 0.2) is 5.78 Å². The molecule has 0 aliphatic carbocycles. The summed E-state index contributed by atoms with van der Waals surface area (Å²) in [7, 11) is 3.05. The van der Waals surface area contributed by atoms with Gasteiger partial charge >= 0.3 is 5.97 Å². The maximum Gasteiger partial charge on any atom is 0.305 e. The summed E-state index contributed by atoms with van der Waals surface area (Å²) in [5, 5.41) is 3.57. The molecule has 0 amide bonds. The summed E-state index contributed by atoms with van der Waals surface area (Å²) in [6, 6.07) is 5.81. The van der Waals surface area contributed by atoms with Gasteiger partial charge in [-0.25, -0.2) is 0 Å². The van der Waals surface area contributed by atoms with Gasteiger partial charge in [-0.2, -0.15) is 0 Å². The lowest BCUT2D eigenvalue weighted by atomic mass is 9.73. The second-order valence-electron chi connectivity index (χ2n) is 8.01. The molecule has 1 aromatic carbocycles. The number of methoxy groups -OCH3 is 2. The first-order valence-electron chi connectivity index (χ1n) is 9.85. The number of fused-ring (bicyclic) bond motifs is 3. The molecular weight excluding hydrogens is 344 g/mol. The number of carbonyl (C=O) groups is 2. The van der Waals surface area contributed by atoms with Crippen LogP contribution in [0.5, 0.6) is 5.75 Å². The highest BCUT2D eigenvalue weighted by Crippen LogP contribution is 2.49. The number of nitrogens with zero attached hydrogens (tertiary/aromatic N) is 1. The first kappa shape index (κ1) is 18.3. The molecule has 6 nitrogen and oxygen atoms in total. The number of hydrogen-bond donors (Lipinski definition) is 1. The molecule has 0 aromatic heterocycles. The van der Waals surface area contributed by atoms with Crippen LogP contribution in [0.1, 0.15) is 43.0 Å². The Morgan fingerprint density at radius 2 is 2.15 bits per heavy atom. The molecular formula is C21H28N2O4. The lowest BCUT2D eigenvalue weighted by molar-refractivity contribution is -0.143. The molecule has 3 aliphatic rings. The fourth-order valence-corrected chi connectivity index (χ4v) is 5.43. The molecule has 1 spiro atoms. The maximum atomic E-state index is 13.5. The summed E-state index contributed by atoms with van der Waals surface area (Å²) in [6.45, 7) is 4.02. The topological polar surface area (TPSA) is 67.9 Å². The first-order valence-corrected chi connectivity index (χ1v) is 9.85. The molecule has 1 aromatic rings. The Labute approximate surface area is 160 Å². The fraction of sp³-hybridized carbons (Fsp3) is 0.619. The van der Waals surface area contributed by atoms with Gasteiger partial charge in [-0.3, -0.25) is 14.5 Å². The van der Waals surface area contributed by atoms with Crippen molar-refractivity contribution >= 4 is 17.4 Å². The molecule has 0 radical (unpaired) electrons. The smallest absolute Gasteiger partial charge is 0.305 e. The van der Waals surface area contributed by atoms with E-state index < -0.39 is 5.54 Å². The van der Waals surface area contributed by atoms with Gasteiger partial charge in [0.1, 0.15) is 11.3 Å². The van der Waals surface area contributed by atoms with Gasteiger partial charge in [-0.1, -0.05) is 19.4 Å². The van der Waals surface area contributed by atoms with E-state index in [0.717, 1.165) is 38.0 Å². The molecule has 3 heterocycles.